The van der Waals surface area contributed by atoms with Crippen LogP contribution in [0.3, 0.4) is 0 Å². The smallest absolute Gasteiger partial charge is 0.250 e. The van der Waals surface area contributed by atoms with Crippen LogP contribution in [0.4, 0.5) is 5.69 Å². The Kier molecular flexibility index (Phi) is 7.03. The van der Waals surface area contributed by atoms with Crippen molar-refractivity contribution < 1.29 is 4.79 Å². The van der Waals surface area contributed by atoms with Gasteiger partial charge in [0.2, 0.25) is 0 Å². The van der Waals surface area contributed by atoms with Gasteiger partial charge in [0.25, 0.3) is 5.91 Å². The molecule has 6 nitrogen and oxygen atoms in total. The van der Waals surface area contributed by atoms with E-state index in [4.69, 9.17) is 0 Å². The zero-order chi connectivity index (χ0) is 19.9. The molecule has 1 aliphatic heterocycles. The number of aromatic nitrogens is 2. The predicted molar refractivity (Wildman–Crippen MR) is 115 cm³/mol. The van der Waals surface area contributed by atoms with Gasteiger partial charge in [0, 0.05) is 30.2 Å². The summed E-state index contributed by atoms with van der Waals surface area (Å²) in [5.41, 5.74) is 7.47. The molecule has 0 radical (unpaired) electrons. The van der Waals surface area contributed by atoms with E-state index in [0.717, 1.165) is 35.8 Å². The van der Waals surface area contributed by atoms with Gasteiger partial charge >= 0.3 is 0 Å². The van der Waals surface area contributed by atoms with Gasteiger partial charge in [-0.1, -0.05) is 23.9 Å². The number of carbonyl (C=O) groups excluding carboxylic acids is 1. The Balaban J connectivity index is 1.52. The Morgan fingerprint density at radius 2 is 1.75 bits per heavy atom. The van der Waals surface area contributed by atoms with E-state index in [2.05, 4.69) is 49.7 Å². The maximum Gasteiger partial charge on any atom is 0.250 e. The van der Waals surface area contributed by atoms with Gasteiger partial charge in [-0.25, -0.2) is 15.4 Å². The number of hydrazone groups is 1. The Bertz CT molecular complexity index is 824. The van der Waals surface area contributed by atoms with Gasteiger partial charge in [-0.2, -0.15) is 5.10 Å². The van der Waals surface area contributed by atoms with Crippen LogP contribution >= 0.6 is 11.8 Å². The molecule has 0 spiro atoms. The fraction of sp³-hybridized carbons (Fsp3) is 0.429. The number of carbonyl (C=O) groups is 1. The summed E-state index contributed by atoms with van der Waals surface area (Å²) < 4.78 is 0. The summed E-state index contributed by atoms with van der Waals surface area (Å²) in [6, 6.07) is 10.3. The number of rotatable bonds is 6. The van der Waals surface area contributed by atoms with E-state index in [0.29, 0.717) is 5.16 Å². The number of nitrogens with one attached hydrogen (secondary N) is 1. The van der Waals surface area contributed by atoms with Crippen LogP contribution in [0.5, 0.6) is 0 Å². The first-order valence-electron chi connectivity index (χ1n) is 9.65. The molecular weight excluding hydrogens is 370 g/mol. The summed E-state index contributed by atoms with van der Waals surface area (Å²) >= 11 is 1.31. The van der Waals surface area contributed by atoms with Crippen molar-refractivity contribution in [1.82, 2.24) is 15.4 Å². The molecular formula is C21H27N5OS. The van der Waals surface area contributed by atoms with Crippen LogP contribution in [0.1, 0.15) is 43.1 Å². The predicted octanol–water partition coefficient (Wildman–Crippen LogP) is 3.72. The first-order valence-corrected chi connectivity index (χ1v) is 10.6. The molecule has 1 amide bonds. The number of benzene rings is 1. The van der Waals surface area contributed by atoms with Gasteiger partial charge in [-0.15, -0.1) is 0 Å². The van der Waals surface area contributed by atoms with Crippen molar-refractivity contribution in [3.8, 4) is 0 Å². The lowest BCUT2D eigenvalue weighted by molar-refractivity contribution is -0.118. The molecule has 0 aliphatic carbocycles. The number of thioether (sulfide) groups is 1. The van der Waals surface area contributed by atoms with E-state index in [1.54, 1.807) is 0 Å². The first-order chi connectivity index (χ1) is 13.5. The van der Waals surface area contributed by atoms with E-state index in [-0.39, 0.29) is 11.7 Å². The third kappa shape index (κ3) is 5.79. The highest BCUT2D eigenvalue weighted by molar-refractivity contribution is 7.99. The minimum atomic E-state index is -0.169. The fourth-order valence-corrected chi connectivity index (χ4v) is 3.94. The largest absolute Gasteiger partial charge is 0.372 e. The highest BCUT2D eigenvalue weighted by Crippen LogP contribution is 2.20. The number of amides is 1. The van der Waals surface area contributed by atoms with Crippen LogP contribution in [0.2, 0.25) is 0 Å². The molecule has 7 heteroatoms. The molecule has 1 aromatic heterocycles. The summed E-state index contributed by atoms with van der Waals surface area (Å²) in [4.78, 5) is 23.2. The Morgan fingerprint density at radius 1 is 1.11 bits per heavy atom. The van der Waals surface area contributed by atoms with Crippen molar-refractivity contribution in [3.63, 3.8) is 0 Å². The van der Waals surface area contributed by atoms with Crippen molar-refractivity contribution in [1.29, 1.82) is 0 Å². The van der Waals surface area contributed by atoms with Crippen molar-refractivity contribution in [2.24, 2.45) is 5.10 Å². The molecule has 0 saturated carbocycles. The molecule has 1 aromatic carbocycles. The average Bonchev–Trinajstić information content (AvgIpc) is 2.70. The van der Waals surface area contributed by atoms with Crippen molar-refractivity contribution in [3.05, 3.63) is 47.3 Å². The SMILES string of the molecule is CC(=NNC(=O)CSc1nc(C)cc(C)n1)c1ccc(N2CCCCC2)cc1. The Labute approximate surface area is 170 Å². The topological polar surface area (TPSA) is 70.5 Å². The minimum Gasteiger partial charge on any atom is -0.372 e. The molecule has 1 fully saturated rings. The molecule has 1 saturated heterocycles. The summed E-state index contributed by atoms with van der Waals surface area (Å²) in [6.45, 7) is 8.00. The minimum absolute atomic E-state index is 0.169. The molecule has 1 aliphatic rings. The van der Waals surface area contributed by atoms with E-state index in [1.165, 1.54) is 36.7 Å². The molecule has 148 valence electrons. The van der Waals surface area contributed by atoms with Crippen molar-refractivity contribution in [2.75, 3.05) is 23.7 Å². The highest BCUT2D eigenvalue weighted by atomic mass is 32.2. The molecule has 2 aromatic rings. The zero-order valence-corrected chi connectivity index (χ0v) is 17.6. The molecule has 28 heavy (non-hydrogen) atoms. The second-order valence-corrected chi connectivity index (χ2v) is 7.99. The standard InChI is InChI=1S/C21H27N5OS/c1-15-13-16(2)23-21(22-15)28-14-20(27)25-24-17(3)18-7-9-19(10-8-18)26-11-5-4-6-12-26/h7-10,13H,4-6,11-12,14H2,1-3H3,(H,25,27). The molecule has 0 unspecified atom stereocenters. The number of aryl methyl sites for hydroxylation is 2. The van der Waals surface area contributed by atoms with E-state index in [9.17, 15) is 4.79 Å². The van der Waals surface area contributed by atoms with Crippen LogP contribution in [0.15, 0.2) is 40.6 Å². The number of anilines is 1. The van der Waals surface area contributed by atoms with Gasteiger partial charge in [0.05, 0.1) is 11.5 Å². The maximum atomic E-state index is 12.1. The monoisotopic (exact) mass is 397 g/mol. The average molecular weight is 398 g/mol. The Hall–Kier alpha value is -2.41. The lowest BCUT2D eigenvalue weighted by Crippen LogP contribution is -2.29. The Morgan fingerprint density at radius 3 is 2.39 bits per heavy atom. The number of piperidine rings is 1. The quantitative estimate of drug-likeness (QED) is 0.348. The van der Waals surface area contributed by atoms with Crippen LogP contribution in [-0.2, 0) is 4.79 Å². The number of nitrogens with zero attached hydrogens (tertiary/aromatic N) is 4. The van der Waals surface area contributed by atoms with Crippen LogP contribution < -0.4 is 10.3 Å². The third-order valence-electron chi connectivity index (χ3n) is 4.65. The number of hydrogen-bond donors (Lipinski definition) is 1. The first kappa shape index (κ1) is 20.3. The van der Waals surface area contributed by atoms with Gasteiger partial charge < -0.3 is 4.90 Å². The normalized spacial score (nSPS) is 14.8. The maximum absolute atomic E-state index is 12.1. The van der Waals surface area contributed by atoms with Crippen LogP contribution in [0.25, 0.3) is 0 Å². The van der Waals surface area contributed by atoms with Gasteiger partial charge in [-0.3, -0.25) is 4.79 Å². The molecule has 0 atom stereocenters. The number of hydrogen-bond acceptors (Lipinski definition) is 6. The third-order valence-corrected chi connectivity index (χ3v) is 5.50. The summed E-state index contributed by atoms with van der Waals surface area (Å²) in [5, 5.41) is 4.85. The van der Waals surface area contributed by atoms with Gasteiger partial charge in [-0.05, 0) is 63.8 Å². The lowest BCUT2D eigenvalue weighted by Gasteiger charge is -2.28. The van der Waals surface area contributed by atoms with Crippen molar-refractivity contribution >= 4 is 29.1 Å². The van der Waals surface area contributed by atoms with Crippen molar-refractivity contribution in [2.45, 2.75) is 45.2 Å². The fourth-order valence-electron chi connectivity index (χ4n) is 3.20. The molecule has 1 N–H and O–H groups in total. The second kappa shape index (κ2) is 9.68. The van der Waals surface area contributed by atoms with Gasteiger partial charge in [0.15, 0.2) is 5.16 Å². The van der Waals surface area contributed by atoms with Crippen LogP contribution in [0, 0.1) is 13.8 Å². The van der Waals surface area contributed by atoms with E-state index >= 15 is 0 Å². The summed E-state index contributed by atoms with van der Waals surface area (Å²) in [6.07, 6.45) is 3.85. The van der Waals surface area contributed by atoms with E-state index in [1.807, 2.05) is 26.8 Å². The van der Waals surface area contributed by atoms with E-state index < -0.39 is 0 Å². The zero-order valence-electron chi connectivity index (χ0n) is 16.7. The molecule has 2 heterocycles. The lowest BCUT2D eigenvalue weighted by atomic mass is 10.1. The van der Waals surface area contributed by atoms with Gasteiger partial charge in [0.1, 0.15) is 0 Å². The second-order valence-electron chi connectivity index (χ2n) is 7.05. The molecule has 3 rings (SSSR count). The molecule has 0 bridgehead atoms. The summed E-state index contributed by atoms with van der Waals surface area (Å²) in [5.74, 6) is 0.0603. The highest BCUT2D eigenvalue weighted by Gasteiger charge is 2.11. The van der Waals surface area contributed by atoms with Crippen LogP contribution in [-0.4, -0.2) is 40.4 Å². The summed E-state index contributed by atoms with van der Waals surface area (Å²) in [7, 11) is 0.